The number of rotatable bonds is 5. The van der Waals surface area contributed by atoms with E-state index >= 15 is 0 Å². The molecule has 0 saturated carbocycles. The molecule has 6 nitrogen and oxygen atoms in total. The van der Waals surface area contributed by atoms with E-state index in [0.717, 1.165) is 16.7 Å². The highest BCUT2D eigenvalue weighted by Crippen LogP contribution is 2.20. The van der Waals surface area contributed by atoms with Crippen LogP contribution < -0.4 is 10.6 Å². The number of amidine groups is 1. The average molecular weight is 382 g/mol. The van der Waals surface area contributed by atoms with E-state index in [4.69, 9.17) is 4.74 Å². The van der Waals surface area contributed by atoms with E-state index in [1.54, 1.807) is 6.20 Å². The number of ether oxygens (including phenoxy) is 1. The van der Waals surface area contributed by atoms with Crippen LogP contribution in [0.25, 0.3) is 0 Å². The van der Waals surface area contributed by atoms with Crippen molar-refractivity contribution in [1.29, 1.82) is 0 Å². The van der Waals surface area contributed by atoms with Gasteiger partial charge in [0, 0.05) is 11.8 Å². The topological polar surface area (TPSA) is 75.6 Å². The molecule has 4 rings (SSSR count). The third-order valence-electron chi connectivity index (χ3n) is 5.06. The minimum Gasteiger partial charge on any atom is -0.376 e. The monoisotopic (exact) mass is 382 g/mol. The first-order valence-electron chi connectivity index (χ1n) is 9.45. The summed E-state index contributed by atoms with van der Waals surface area (Å²) in [5.74, 6) is 0.568. The molecule has 2 aromatic rings. The minimum absolute atomic E-state index is 0.0652. The van der Waals surface area contributed by atoms with Crippen LogP contribution in [0.2, 0.25) is 0 Å². The minimum atomic E-state index is -1.03. The molecule has 7 heteroatoms. The van der Waals surface area contributed by atoms with E-state index in [-0.39, 0.29) is 31.0 Å². The number of alkyl halides is 1. The van der Waals surface area contributed by atoms with Gasteiger partial charge in [0.05, 0.1) is 44.0 Å². The number of fused-ring (bicyclic) bond motifs is 1. The zero-order valence-corrected chi connectivity index (χ0v) is 15.7. The number of nitrogens with one attached hydrogen (secondary N) is 2. The molecule has 28 heavy (non-hydrogen) atoms. The van der Waals surface area contributed by atoms with Gasteiger partial charge in [-0.1, -0.05) is 30.3 Å². The van der Waals surface area contributed by atoms with E-state index in [0.29, 0.717) is 24.7 Å². The SMILES string of the molecule is C[C@@H](NC(=O)Cc1cc2c(cn1)C(N[C@@H]1COC[C@H]1F)=NC2)c1ccccc1. The molecule has 1 amide bonds. The predicted molar refractivity (Wildman–Crippen MR) is 104 cm³/mol. The molecule has 2 aliphatic rings. The Morgan fingerprint density at radius 1 is 1.32 bits per heavy atom. The van der Waals surface area contributed by atoms with E-state index in [2.05, 4.69) is 20.6 Å². The standard InChI is InChI=1S/C21H23FN4O2/c1-13(14-5-3-2-4-6-14)25-20(27)8-16-7-15-9-24-21(17(15)10-23-16)26-19-12-28-11-18(19)22/h2-7,10,13,18-19H,8-9,11-12H2,1H3,(H,24,26)(H,25,27)/t13-,18-,19-/m1/s1. The van der Waals surface area contributed by atoms with Gasteiger partial charge in [0.25, 0.3) is 0 Å². The molecule has 1 aromatic carbocycles. The number of benzene rings is 1. The second-order valence-electron chi connectivity index (χ2n) is 7.18. The number of amides is 1. The van der Waals surface area contributed by atoms with Gasteiger partial charge in [-0.25, -0.2) is 4.39 Å². The smallest absolute Gasteiger partial charge is 0.226 e. The molecule has 0 aliphatic carbocycles. The summed E-state index contributed by atoms with van der Waals surface area (Å²) in [6.07, 6.45) is 0.880. The van der Waals surface area contributed by atoms with Crippen LogP contribution in [0.1, 0.15) is 35.3 Å². The Hall–Kier alpha value is -2.80. The summed E-state index contributed by atoms with van der Waals surface area (Å²) in [7, 11) is 0. The number of carbonyl (C=O) groups is 1. The summed E-state index contributed by atoms with van der Waals surface area (Å²) in [6.45, 7) is 2.91. The Morgan fingerprint density at radius 2 is 2.14 bits per heavy atom. The van der Waals surface area contributed by atoms with Gasteiger partial charge in [0.15, 0.2) is 0 Å². The van der Waals surface area contributed by atoms with E-state index in [1.165, 1.54) is 0 Å². The average Bonchev–Trinajstić information content (AvgIpc) is 3.29. The third kappa shape index (κ3) is 4.04. The first-order chi connectivity index (χ1) is 13.6. The van der Waals surface area contributed by atoms with Crippen molar-refractivity contribution in [2.75, 3.05) is 13.2 Å². The molecule has 1 saturated heterocycles. The van der Waals surface area contributed by atoms with Crippen molar-refractivity contribution in [2.45, 2.75) is 38.1 Å². The Morgan fingerprint density at radius 3 is 2.89 bits per heavy atom. The molecular formula is C21H23FN4O2. The van der Waals surface area contributed by atoms with Gasteiger partial charge in [-0.15, -0.1) is 0 Å². The first kappa shape index (κ1) is 18.6. The number of pyridine rings is 1. The van der Waals surface area contributed by atoms with Gasteiger partial charge in [-0.2, -0.15) is 0 Å². The quantitative estimate of drug-likeness (QED) is 0.830. The number of aromatic nitrogens is 1. The number of hydrogen-bond donors (Lipinski definition) is 2. The van der Waals surface area contributed by atoms with Crippen LogP contribution in [-0.2, 0) is 22.5 Å². The summed E-state index contributed by atoms with van der Waals surface area (Å²) in [5.41, 5.74) is 3.61. The zero-order valence-electron chi connectivity index (χ0n) is 15.7. The van der Waals surface area contributed by atoms with Crippen molar-refractivity contribution < 1.29 is 13.9 Å². The van der Waals surface area contributed by atoms with Gasteiger partial charge in [0.2, 0.25) is 5.91 Å². The number of halogens is 1. The largest absolute Gasteiger partial charge is 0.376 e. The molecule has 3 atom stereocenters. The highest BCUT2D eigenvalue weighted by molar-refractivity contribution is 6.02. The van der Waals surface area contributed by atoms with Crippen LogP contribution in [0.5, 0.6) is 0 Å². The van der Waals surface area contributed by atoms with Gasteiger partial charge in [-0.3, -0.25) is 14.8 Å². The fourth-order valence-corrected chi connectivity index (χ4v) is 3.48. The maximum atomic E-state index is 13.7. The molecule has 0 bridgehead atoms. The summed E-state index contributed by atoms with van der Waals surface area (Å²) >= 11 is 0. The molecule has 1 fully saturated rings. The van der Waals surface area contributed by atoms with Gasteiger partial charge in [0.1, 0.15) is 12.0 Å². The first-order valence-corrected chi connectivity index (χ1v) is 9.45. The van der Waals surface area contributed by atoms with Crippen LogP contribution in [0.15, 0.2) is 47.6 Å². The highest BCUT2D eigenvalue weighted by atomic mass is 19.1. The van der Waals surface area contributed by atoms with Crippen molar-refractivity contribution >= 4 is 11.7 Å². The lowest BCUT2D eigenvalue weighted by molar-refractivity contribution is -0.121. The maximum Gasteiger partial charge on any atom is 0.226 e. The lowest BCUT2D eigenvalue weighted by Crippen LogP contribution is -2.40. The van der Waals surface area contributed by atoms with Gasteiger partial charge >= 0.3 is 0 Å². The highest BCUT2D eigenvalue weighted by Gasteiger charge is 2.30. The molecule has 0 unspecified atom stereocenters. The van der Waals surface area contributed by atoms with Crippen LogP contribution in [0.3, 0.4) is 0 Å². The normalized spacial score (nSPS) is 21.7. The van der Waals surface area contributed by atoms with Gasteiger partial charge in [-0.05, 0) is 24.1 Å². The van der Waals surface area contributed by atoms with Crippen molar-refractivity contribution in [3.8, 4) is 0 Å². The number of aliphatic imine (C=N–C) groups is 1. The van der Waals surface area contributed by atoms with Crippen LogP contribution in [-0.4, -0.2) is 42.2 Å². The molecule has 2 N–H and O–H groups in total. The molecule has 3 heterocycles. The summed E-state index contributed by atoms with van der Waals surface area (Å²) < 4.78 is 18.9. The lowest BCUT2D eigenvalue weighted by Gasteiger charge is -2.15. The fraction of sp³-hybridized carbons (Fsp3) is 0.381. The Bertz CT molecular complexity index is 887. The van der Waals surface area contributed by atoms with E-state index in [1.807, 2.05) is 43.3 Å². The number of carbonyl (C=O) groups excluding carboxylic acids is 1. The fourth-order valence-electron chi connectivity index (χ4n) is 3.48. The van der Waals surface area contributed by atoms with E-state index in [9.17, 15) is 9.18 Å². The Balaban J connectivity index is 1.36. The molecule has 1 aromatic heterocycles. The molecule has 146 valence electrons. The zero-order chi connectivity index (χ0) is 19.5. The van der Waals surface area contributed by atoms with Crippen molar-refractivity contribution in [3.63, 3.8) is 0 Å². The molecule has 2 aliphatic heterocycles. The van der Waals surface area contributed by atoms with Gasteiger partial charge < -0.3 is 15.4 Å². The van der Waals surface area contributed by atoms with Crippen molar-refractivity contribution in [1.82, 2.24) is 15.6 Å². The Kier molecular flexibility index (Phi) is 5.34. The van der Waals surface area contributed by atoms with Crippen LogP contribution in [0.4, 0.5) is 4.39 Å². The van der Waals surface area contributed by atoms with Crippen molar-refractivity contribution in [3.05, 3.63) is 65.0 Å². The predicted octanol–water partition coefficient (Wildman–Crippen LogP) is 2.09. The maximum absolute atomic E-state index is 13.7. The number of hydrogen-bond acceptors (Lipinski definition) is 5. The molecular weight excluding hydrogens is 359 g/mol. The third-order valence-corrected chi connectivity index (χ3v) is 5.06. The molecule has 0 spiro atoms. The summed E-state index contributed by atoms with van der Waals surface area (Å²) in [4.78, 5) is 21.2. The second kappa shape index (κ2) is 8.06. The van der Waals surface area contributed by atoms with Crippen LogP contribution >= 0.6 is 0 Å². The Labute approximate surface area is 163 Å². The van der Waals surface area contributed by atoms with Crippen molar-refractivity contribution in [2.24, 2.45) is 4.99 Å². The second-order valence-corrected chi connectivity index (χ2v) is 7.18. The van der Waals surface area contributed by atoms with Crippen LogP contribution in [0, 0.1) is 0 Å². The lowest BCUT2D eigenvalue weighted by atomic mass is 10.1. The number of nitrogens with zero attached hydrogens (tertiary/aromatic N) is 2. The van der Waals surface area contributed by atoms with E-state index < -0.39 is 6.17 Å². The summed E-state index contributed by atoms with van der Waals surface area (Å²) in [6, 6.07) is 11.3. The summed E-state index contributed by atoms with van der Waals surface area (Å²) in [5, 5.41) is 6.12. The molecule has 0 radical (unpaired) electrons.